The maximum atomic E-state index is 7.27. The first kappa shape index (κ1) is 27.6. The predicted octanol–water partition coefficient (Wildman–Crippen LogP) is 11.3. The Hall–Kier alpha value is -4.36. The van der Waals surface area contributed by atoms with Crippen LogP contribution >= 0.6 is 0 Å². The standard InChI is InChI=1S/C47H41O/c1-3-11-31-28(8-1)18-21-38-34-14-6-16-42(40(34)25-23-36(31)38)46-45-33-13-5-10-30(33)20-27-44(45)48-47(46)43-17-7-15-35-39-22-19-29-9-2-4-12-32(29)37(39)24-26-41(35)43/h3-7,11-12,14-15,20,23-27,42-43,46-47H,1-2,8-10,16-19,21-22H2/t42-,43+,46?,47?/m1/s1. The summed E-state index contributed by atoms with van der Waals surface area (Å²) >= 11 is 0. The van der Waals surface area contributed by atoms with Gasteiger partial charge in [-0.05, 0) is 155 Å². The number of benzene rings is 3. The van der Waals surface area contributed by atoms with Gasteiger partial charge in [0.2, 0.25) is 0 Å². The van der Waals surface area contributed by atoms with Crippen LogP contribution in [0.2, 0.25) is 0 Å². The van der Waals surface area contributed by atoms with Crippen molar-refractivity contribution in [2.75, 3.05) is 0 Å². The molecule has 0 saturated heterocycles. The zero-order valence-electron chi connectivity index (χ0n) is 27.7. The van der Waals surface area contributed by atoms with Crippen LogP contribution in [0.3, 0.4) is 0 Å². The zero-order valence-corrected chi connectivity index (χ0v) is 27.7. The Morgan fingerprint density at radius 1 is 0.604 bits per heavy atom. The summed E-state index contributed by atoms with van der Waals surface area (Å²) in [7, 11) is 0. The summed E-state index contributed by atoms with van der Waals surface area (Å²) in [5.41, 5.74) is 22.6. The SMILES string of the molecule is [C]1=CCc2ccc3c(c21)C([C@@H]1CC=Cc2c1ccc1c2CCC2=C1C=CCC2)C([C@H]1CC=Cc2c1ccc1c2CCC2=C1C=CCC2)O3. The van der Waals surface area contributed by atoms with Crippen molar-refractivity contribution in [2.24, 2.45) is 0 Å². The molecule has 1 nitrogen and oxygen atoms in total. The van der Waals surface area contributed by atoms with Crippen molar-refractivity contribution in [1.82, 2.24) is 0 Å². The second-order valence-corrected chi connectivity index (χ2v) is 15.3. The molecule has 0 fully saturated rings. The fourth-order valence-corrected chi connectivity index (χ4v) is 10.9. The van der Waals surface area contributed by atoms with Gasteiger partial charge in [-0.25, -0.2) is 0 Å². The first-order valence-corrected chi connectivity index (χ1v) is 18.6. The van der Waals surface area contributed by atoms with E-state index in [9.17, 15) is 0 Å². The average Bonchev–Trinajstić information content (AvgIpc) is 3.79. The lowest BCUT2D eigenvalue weighted by Crippen LogP contribution is -2.33. The van der Waals surface area contributed by atoms with Crippen molar-refractivity contribution in [3.8, 4) is 5.75 Å². The summed E-state index contributed by atoms with van der Waals surface area (Å²) in [6.07, 6.45) is 38.1. The van der Waals surface area contributed by atoms with Crippen molar-refractivity contribution in [2.45, 2.75) is 94.5 Å². The van der Waals surface area contributed by atoms with E-state index < -0.39 is 0 Å². The van der Waals surface area contributed by atoms with E-state index in [1.54, 1.807) is 22.3 Å². The van der Waals surface area contributed by atoms with Crippen LogP contribution in [0.25, 0.3) is 23.3 Å². The van der Waals surface area contributed by atoms with E-state index in [1.165, 1.54) is 99.7 Å². The van der Waals surface area contributed by atoms with Crippen LogP contribution in [0.5, 0.6) is 5.75 Å². The zero-order chi connectivity index (χ0) is 31.3. The van der Waals surface area contributed by atoms with Gasteiger partial charge in [-0.3, -0.25) is 0 Å². The van der Waals surface area contributed by atoms with Crippen LogP contribution in [0.15, 0.2) is 90.1 Å². The summed E-state index contributed by atoms with van der Waals surface area (Å²) in [6, 6.07) is 14.5. The minimum Gasteiger partial charge on any atom is -0.489 e. The van der Waals surface area contributed by atoms with Gasteiger partial charge in [0.1, 0.15) is 11.9 Å². The van der Waals surface area contributed by atoms with E-state index in [1.807, 2.05) is 0 Å². The highest BCUT2D eigenvalue weighted by molar-refractivity contribution is 5.85. The van der Waals surface area contributed by atoms with Gasteiger partial charge in [-0.1, -0.05) is 96.2 Å². The Bertz CT molecular complexity index is 2150. The second kappa shape index (κ2) is 10.6. The molecule has 0 amide bonds. The fourth-order valence-electron chi connectivity index (χ4n) is 10.9. The third kappa shape index (κ3) is 3.91. The smallest absolute Gasteiger partial charge is 0.124 e. The number of ether oxygens (including phenoxy) is 1. The van der Waals surface area contributed by atoms with Crippen LogP contribution in [-0.2, 0) is 19.3 Å². The molecule has 0 saturated carbocycles. The van der Waals surface area contributed by atoms with Crippen LogP contribution in [0, 0.1) is 6.08 Å². The van der Waals surface area contributed by atoms with Crippen molar-refractivity contribution >= 4 is 23.3 Å². The number of allylic oxidation sites excluding steroid dienone is 11. The largest absolute Gasteiger partial charge is 0.489 e. The average molecular weight is 622 g/mol. The maximum Gasteiger partial charge on any atom is 0.124 e. The number of hydrogen-bond acceptors (Lipinski definition) is 1. The highest BCUT2D eigenvalue weighted by Gasteiger charge is 2.48. The molecule has 4 atom stereocenters. The summed E-state index contributed by atoms with van der Waals surface area (Å²) in [6.45, 7) is 0. The summed E-state index contributed by atoms with van der Waals surface area (Å²) < 4.78 is 7.27. The topological polar surface area (TPSA) is 9.23 Å². The molecule has 0 bridgehead atoms. The molecule has 48 heavy (non-hydrogen) atoms. The van der Waals surface area contributed by atoms with Crippen molar-refractivity contribution in [3.63, 3.8) is 0 Å². The molecule has 0 N–H and O–H groups in total. The monoisotopic (exact) mass is 621 g/mol. The number of rotatable bonds is 2. The van der Waals surface area contributed by atoms with E-state index in [2.05, 4.69) is 97.2 Å². The molecule has 1 heterocycles. The van der Waals surface area contributed by atoms with Crippen LogP contribution in [0.1, 0.15) is 130 Å². The van der Waals surface area contributed by atoms with Gasteiger partial charge in [-0.15, -0.1) is 0 Å². The third-order valence-electron chi connectivity index (χ3n) is 13.1. The Morgan fingerprint density at radius 3 is 1.94 bits per heavy atom. The number of fused-ring (bicyclic) bond motifs is 11. The highest BCUT2D eigenvalue weighted by atomic mass is 16.5. The normalized spacial score (nSPS) is 26.7. The van der Waals surface area contributed by atoms with Crippen LogP contribution < -0.4 is 4.74 Å². The van der Waals surface area contributed by atoms with E-state index in [0.29, 0.717) is 11.8 Å². The molecule has 11 rings (SSSR count). The van der Waals surface area contributed by atoms with Crippen LogP contribution in [0.4, 0.5) is 0 Å². The Kier molecular flexibility index (Phi) is 6.07. The van der Waals surface area contributed by atoms with Gasteiger partial charge in [0.25, 0.3) is 0 Å². The Labute approximate surface area is 284 Å². The molecule has 0 spiro atoms. The molecule has 7 aliphatic carbocycles. The van der Waals surface area contributed by atoms with Crippen LogP contribution in [-0.4, -0.2) is 6.10 Å². The van der Waals surface area contributed by atoms with Gasteiger partial charge >= 0.3 is 0 Å². The maximum absolute atomic E-state index is 7.27. The Balaban J connectivity index is 1.05. The number of hydrogen-bond donors (Lipinski definition) is 0. The van der Waals surface area contributed by atoms with E-state index in [4.69, 9.17) is 4.74 Å². The predicted molar refractivity (Wildman–Crippen MR) is 197 cm³/mol. The Morgan fingerprint density at radius 2 is 1.25 bits per heavy atom. The van der Waals surface area contributed by atoms with Gasteiger partial charge in [-0.2, -0.15) is 0 Å². The molecule has 0 aromatic heterocycles. The molecule has 2 unspecified atom stereocenters. The minimum atomic E-state index is 0.0829. The van der Waals surface area contributed by atoms with Crippen molar-refractivity contribution < 1.29 is 4.74 Å². The molecular formula is C47H41O. The van der Waals surface area contributed by atoms with Gasteiger partial charge in [0, 0.05) is 17.4 Å². The molecule has 1 aliphatic heterocycles. The summed E-state index contributed by atoms with van der Waals surface area (Å²) in [5.74, 6) is 2.07. The summed E-state index contributed by atoms with van der Waals surface area (Å²) in [5, 5.41) is 0. The van der Waals surface area contributed by atoms with Gasteiger partial charge < -0.3 is 4.74 Å². The highest BCUT2D eigenvalue weighted by Crippen LogP contribution is 2.57. The third-order valence-corrected chi connectivity index (χ3v) is 13.1. The van der Waals surface area contributed by atoms with Crippen molar-refractivity contribution in [3.05, 3.63) is 157 Å². The molecule has 235 valence electrons. The molecule has 1 radical (unpaired) electrons. The van der Waals surface area contributed by atoms with Crippen molar-refractivity contribution in [1.29, 1.82) is 0 Å². The lowest BCUT2D eigenvalue weighted by molar-refractivity contribution is 0.159. The quantitative estimate of drug-likeness (QED) is 0.277. The minimum absolute atomic E-state index is 0.0829. The lowest BCUT2D eigenvalue weighted by atomic mass is 9.66. The molecule has 8 aliphatic rings. The fraction of sp³-hybridized carbons (Fsp3) is 0.319. The molecule has 3 aromatic carbocycles. The molecular weight excluding hydrogens is 581 g/mol. The first-order valence-electron chi connectivity index (χ1n) is 18.6. The lowest BCUT2D eigenvalue weighted by Gasteiger charge is -2.38. The second-order valence-electron chi connectivity index (χ2n) is 15.3. The van der Waals surface area contributed by atoms with E-state index in [-0.39, 0.29) is 12.0 Å². The molecule has 1 heteroatoms. The molecule has 3 aromatic rings. The van der Waals surface area contributed by atoms with E-state index in [0.717, 1.165) is 37.9 Å². The first-order chi connectivity index (χ1) is 23.8. The van der Waals surface area contributed by atoms with Gasteiger partial charge in [0.15, 0.2) is 0 Å². The van der Waals surface area contributed by atoms with E-state index >= 15 is 0 Å². The summed E-state index contributed by atoms with van der Waals surface area (Å²) in [4.78, 5) is 0. The van der Waals surface area contributed by atoms with Gasteiger partial charge in [0.05, 0.1) is 0 Å².